The molecular weight excluding hydrogens is 138 g/mol. The summed E-state index contributed by atoms with van der Waals surface area (Å²) in [5.74, 6) is 0. The number of ether oxygens (including phenoxy) is 1. The number of rotatable bonds is 1. The second-order valence-electron chi connectivity index (χ2n) is 2.01. The van der Waals surface area contributed by atoms with Crippen LogP contribution in [0.5, 0.6) is 0 Å². The first-order valence-electron chi connectivity index (χ1n) is 2.86. The van der Waals surface area contributed by atoms with Crippen LogP contribution in [0.25, 0.3) is 0 Å². The van der Waals surface area contributed by atoms with Crippen molar-refractivity contribution in [3.05, 3.63) is 0 Å². The molecule has 1 N–H and O–H groups in total. The molecule has 1 saturated heterocycles. The fraction of sp³-hybridized carbons (Fsp3) is 0.800. The quantitative estimate of drug-likeness (QED) is 0.527. The monoisotopic (exact) mass is 147 g/mol. The maximum absolute atomic E-state index is 10.3. The second kappa shape index (κ2) is 3.08. The third-order valence-electron chi connectivity index (χ3n) is 1.26. The van der Waals surface area contributed by atoms with Gasteiger partial charge in [0, 0.05) is 6.61 Å². The average molecular weight is 147 g/mol. The van der Waals surface area contributed by atoms with Crippen LogP contribution in [0, 0.1) is 0 Å². The van der Waals surface area contributed by atoms with E-state index in [9.17, 15) is 4.79 Å². The molecule has 1 amide bonds. The van der Waals surface area contributed by atoms with Gasteiger partial charge < -0.3 is 10.1 Å². The Bertz CT molecular complexity index is 112. The lowest BCUT2D eigenvalue weighted by Gasteiger charge is -2.05. The van der Waals surface area contributed by atoms with Crippen molar-refractivity contribution in [3.63, 3.8) is 0 Å². The molecule has 1 fully saturated rings. The first kappa shape index (κ1) is 6.89. The lowest BCUT2D eigenvalue weighted by Crippen LogP contribution is -2.30. The molecule has 4 heteroatoms. The SMILES string of the molecule is O=C(S)NC1CCOC1. The molecule has 3 nitrogen and oxygen atoms in total. The van der Waals surface area contributed by atoms with E-state index in [0.717, 1.165) is 13.0 Å². The first-order chi connectivity index (χ1) is 4.29. The highest BCUT2D eigenvalue weighted by atomic mass is 32.1. The van der Waals surface area contributed by atoms with E-state index in [1.807, 2.05) is 0 Å². The number of hydrogen-bond donors (Lipinski definition) is 2. The van der Waals surface area contributed by atoms with Crippen molar-refractivity contribution >= 4 is 17.9 Å². The number of carbonyl (C=O) groups excluding carboxylic acids is 1. The van der Waals surface area contributed by atoms with E-state index < -0.39 is 0 Å². The molecule has 0 aromatic rings. The van der Waals surface area contributed by atoms with Gasteiger partial charge in [0.25, 0.3) is 5.24 Å². The van der Waals surface area contributed by atoms with Crippen molar-refractivity contribution in [2.24, 2.45) is 0 Å². The molecule has 1 heterocycles. The second-order valence-corrected chi connectivity index (χ2v) is 2.42. The zero-order valence-electron chi connectivity index (χ0n) is 4.96. The lowest BCUT2D eigenvalue weighted by atomic mass is 10.3. The van der Waals surface area contributed by atoms with Gasteiger partial charge in [-0.15, -0.1) is 0 Å². The average Bonchev–Trinajstić information content (AvgIpc) is 2.15. The van der Waals surface area contributed by atoms with Crippen molar-refractivity contribution in [1.82, 2.24) is 5.32 Å². The molecule has 0 aromatic heterocycles. The fourth-order valence-corrected chi connectivity index (χ4v) is 1.01. The summed E-state index contributed by atoms with van der Waals surface area (Å²) in [6.45, 7) is 1.38. The molecule has 0 radical (unpaired) electrons. The summed E-state index contributed by atoms with van der Waals surface area (Å²) in [7, 11) is 0. The molecule has 0 spiro atoms. The number of amides is 1. The Morgan fingerprint density at radius 3 is 3.00 bits per heavy atom. The van der Waals surface area contributed by atoms with Gasteiger partial charge >= 0.3 is 0 Å². The minimum atomic E-state index is -0.273. The van der Waals surface area contributed by atoms with Crippen molar-refractivity contribution in [1.29, 1.82) is 0 Å². The van der Waals surface area contributed by atoms with E-state index in [-0.39, 0.29) is 11.3 Å². The summed E-state index contributed by atoms with van der Waals surface area (Å²) in [5, 5.41) is 2.37. The van der Waals surface area contributed by atoms with Gasteiger partial charge in [-0.05, 0) is 6.42 Å². The smallest absolute Gasteiger partial charge is 0.276 e. The highest BCUT2D eigenvalue weighted by molar-refractivity contribution is 7.96. The van der Waals surface area contributed by atoms with Crippen molar-refractivity contribution in [2.45, 2.75) is 12.5 Å². The van der Waals surface area contributed by atoms with E-state index in [1.165, 1.54) is 0 Å². The van der Waals surface area contributed by atoms with E-state index >= 15 is 0 Å². The van der Waals surface area contributed by atoms with Crippen LogP contribution in [0.4, 0.5) is 4.79 Å². The Labute approximate surface area is 59.2 Å². The van der Waals surface area contributed by atoms with Crippen molar-refractivity contribution in [2.75, 3.05) is 13.2 Å². The van der Waals surface area contributed by atoms with Gasteiger partial charge in [0.05, 0.1) is 12.6 Å². The molecule has 0 aliphatic carbocycles. The van der Waals surface area contributed by atoms with Gasteiger partial charge in [0.15, 0.2) is 0 Å². The van der Waals surface area contributed by atoms with Crippen LogP contribution in [0.1, 0.15) is 6.42 Å². The van der Waals surface area contributed by atoms with Crippen LogP contribution in [0.3, 0.4) is 0 Å². The zero-order chi connectivity index (χ0) is 6.69. The van der Waals surface area contributed by atoms with Crippen LogP contribution in [0.2, 0.25) is 0 Å². The summed E-state index contributed by atoms with van der Waals surface area (Å²) in [5.41, 5.74) is 0. The van der Waals surface area contributed by atoms with Gasteiger partial charge in [-0.1, -0.05) is 12.6 Å². The topological polar surface area (TPSA) is 38.3 Å². The Hall–Kier alpha value is -0.220. The maximum Gasteiger partial charge on any atom is 0.276 e. The van der Waals surface area contributed by atoms with Crippen LogP contribution in [-0.4, -0.2) is 24.5 Å². The molecule has 52 valence electrons. The Morgan fingerprint density at radius 1 is 1.78 bits per heavy atom. The summed E-state index contributed by atoms with van der Waals surface area (Å²) in [6.07, 6.45) is 0.909. The summed E-state index contributed by atoms with van der Waals surface area (Å²) < 4.78 is 5.01. The molecule has 0 aromatic carbocycles. The fourth-order valence-electron chi connectivity index (χ4n) is 0.823. The minimum absolute atomic E-state index is 0.190. The maximum atomic E-state index is 10.3. The third kappa shape index (κ3) is 2.24. The normalized spacial score (nSPS) is 26.1. The van der Waals surface area contributed by atoms with Crippen LogP contribution in [-0.2, 0) is 4.74 Å². The highest BCUT2D eigenvalue weighted by Gasteiger charge is 2.15. The highest BCUT2D eigenvalue weighted by Crippen LogP contribution is 2.03. The van der Waals surface area contributed by atoms with Gasteiger partial charge in [0.1, 0.15) is 0 Å². The largest absolute Gasteiger partial charge is 0.379 e. The molecular formula is C5H9NO2S. The minimum Gasteiger partial charge on any atom is -0.379 e. The van der Waals surface area contributed by atoms with Crippen LogP contribution in [0.15, 0.2) is 0 Å². The molecule has 1 aliphatic heterocycles. The Balaban J connectivity index is 2.19. The summed E-state index contributed by atoms with van der Waals surface area (Å²) >= 11 is 3.57. The number of nitrogens with one attached hydrogen (secondary N) is 1. The lowest BCUT2D eigenvalue weighted by molar-refractivity contribution is 0.190. The molecule has 1 unspecified atom stereocenters. The summed E-state index contributed by atoms with van der Waals surface area (Å²) in [6, 6.07) is 0.190. The van der Waals surface area contributed by atoms with Gasteiger partial charge in [0.2, 0.25) is 0 Å². The van der Waals surface area contributed by atoms with Gasteiger partial charge in [-0.3, -0.25) is 4.79 Å². The van der Waals surface area contributed by atoms with E-state index in [0.29, 0.717) is 6.61 Å². The van der Waals surface area contributed by atoms with Crippen LogP contribution >= 0.6 is 12.6 Å². The summed E-state index contributed by atoms with van der Waals surface area (Å²) in [4.78, 5) is 10.3. The Kier molecular flexibility index (Phi) is 2.36. The molecule has 9 heavy (non-hydrogen) atoms. The van der Waals surface area contributed by atoms with Crippen molar-refractivity contribution in [3.8, 4) is 0 Å². The number of carbonyl (C=O) groups is 1. The number of hydrogen-bond acceptors (Lipinski definition) is 2. The first-order valence-corrected chi connectivity index (χ1v) is 3.31. The van der Waals surface area contributed by atoms with E-state index in [2.05, 4.69) is 17.9 Å². The van der Waals surface area contributed by atoms with E-state index in [1.54, 1.807) is 0 Å². The predicted octanol–water partition coefficient (Wildman–Crippen LogP) is 0.415. The molecule has 0 saturated carbocycles. The molecule has 0 bridgehead atoms. The van der Waals surface area contributed by atoms with Crippen molar-refractivity contribution < 1.29 is 9.53 Å². The van der Waals surface area contributed by atoms with E-state index in [4.69, 9.17) is 4.74 Å². The predicted molar refractivity (Wildman–Crippen MR) is 36.7 cm³/mol. The standard InChI is InChI=1S/C5H9NO2S/c7-5(9)6-4-1-2-8-3-4/h4H,1-3H2,(H2,6,7,9). The van der Waals surface area contributed by atoms with Gasteiger partial charge in [-0.25, -0.2) is 0 Å². The van der Waals surface area contributed by atoms with Crippen LogP contribution < -0.4 is 5.32 Å². The van der Waals surface area contributed by atoms with Gasteiger partial charge in [-0.2, -0.15) is 0 Å². The molecule has 1 atom stereocenters. The third-order valence-corrected chi connectivity index (χ3v) is 1.39. The molecule has 1 rings (SSSR count). The Morgan fingerprint density at radius 2 is 2.56 bits per heavy atom. The number of thiol groups is 1. The molecule has 1 aliphatic rings. The zero-order valence-corrected chi connectivity index (χ0v) is 5.86.